The molecule has 0 spiro atoms. The number of rotatable bonds is 9. The zero-order chi connectivity index (χ0) is 22.7. The summed E-state index contributed by atoms with van der Waals surface area (Å²) < 4.78 is 7.58. The number of amides is 2. The predicted molar refractivity (Wildman–Crippen MR) is 128 cm³/mol. The van der Waals surface area contributed by atoms with E-state index >= 15 is 0 Å². The van der Waals surface area contributed by atoms with E-state index in [1.54, 1.807) is 16.2 Å². The molecule has 0 aliphatic carbocycles. The molecular formula is C25H31N3O3S. The molecular weight excluding hydrogens is 422 g/mol. The van der Waals surface area contributed by atoms with Gasteiger partial charge in [-0.1, -0.05) is 24.3 Å². The fourth-order valence-electron chi connectivity index (χ4n) is 4.32. The molecule has 1 atom stereocenters. The van der Waals surface area contributed by atoms with Crippen molar-refractivity contribution in [1.82, 2.24) is 14.8 Å². The van der Waals surface area contributed by atoms with Gasteiger partial charge in [0.1, 0.15) is 11.2 Å². The van der Waals surface area contributed by atoms with Crippen molar-refractivity contribution in [2.75, 3.05) is 19.7 Å². The highest BCUT2D eigenvalue weighted by Crippen LogP contribution is 2.32. The van der Waals surface area contributed by atoms with Crippen LogP contribution >= 0.6 is 11.3 Å². The number of hydrogen-bond donors (Lipinski definition) is 1. The molecule has 170 valence electrons. The second-order valence-corrected chi connectivity index (χ2v) is 9.80. The standard InChI is InChI=1S/C25H31N3O3S/c1-18(2)31-14-7-12-26-24(30)25(3)17-27-21-10-5-4-8-19(21)16-22(27)23(29)28(25)13-11-20-9-6-15-32-20/h4-6,8-10,15-16,18H,7,11-14,17H2,1-3H3,(H,26,30)/t25-/m0/s1. The molecule has 0 bridgehead atoms. The van der Waals surface area contributed by atoms with Crippen LogP contribution < -0.4 is 5.32 Å². The van der Waals surface area contributed by atoms with Crippen molar-refractivity contribution in [3.05, 3.63) is 58.4 Å². The minimum atomic E-state index is -0.970. The van der Waals surface area contributed by atoms with E-state index < -0.39 is 5.54 Å². The average molecular weight is 454 g/mol. The maximum Gasteiger partial charge on any atom is 0.271 e. The van der Waals surface area contributed by atoms with Gasteiger partial charge in [-0.15, -0.1) is 11.3 Å². The minimum Gasteiger partial charge on any atom is -0.379 e. The first kappa shape index (κ1) is 22.6. The number of benzene rings is 1. The number of carbonyl (C=O) groups is 2. The van der Waals surface area contributed by atoms with Gasteiger partial charge in [0.05, 0.1) is 12.6 Å². The highest BCUT2D eigenvalue weighted by atomic mass is 32.1. The van der Waals surface area contributed by atoms with Crippen LogP contribution in [-0.2, 0) is 22.5 Å². The summed E-state index contributed by atoms with van der Waals surface area (Å²) in [6.07, 6.45) is 1.64. The first-order valence-corrected chi connectivity index (χ1v) is 12.1. The minimum absolute atomic E-state index is 0.0928. The molecule has 6 nitrogen and oxygen atoms in total. The van der Waals surface area contributed by atoms with Gasteiger partial charge in [0.15, 0.2) is 0 Å². The van der Waals surface area contributed by atoms with E-state index in [-0.39, 0.29) is 17.9 Å². The van der Waals surface area contributed by atoms with Gasteiger partial charge in [-0.3, -0.25) is 9.59 Å². The highest BCUT2D eigenvalue weighted by Gasteiger charge is 2.47. The van der Waals surface area contributed by atoms with E-state index in [9.17, 15) is 9.59 Å². The summed E-state index contributed by atoms with van der Waals surface area (Å²) in [6, 6.07) is 14.0. The lowest BCUT2D eigenvalue weighted by Gasteiger charge is -2.44. The Kier molecular flexibility index (Phi) is 6.67. The van der Waals surface area contributed by atoms with Crippen molar-refractivity contribution < 1.29 is 14.3 Å². The van der Waals surface area contributed by atoms with Gasteiger partial charge >= 0.3 is 0 Å². The Morgan fingerprint density at radius 2 is 2.06 bits per heavy atom. The van der Waals surface area contributed by atoms with Crippen molar-refractivity contribution in [3.63, 3.8) is 0 Å². The van der Waals surface area contributed by atoms with Crippen molar-refractivity contribution in [3.8, 4) is 0 Å². The topological polar surface area (TPSA) is 63.6 Å². The van der Waals surface area contributed by atoms with Crippen molar-refractivity contribution in [1.29, 1.82) is 0 Å². The van der Waals surface area contributed by atoms with E-state index in [1.165, 1.54) is 4.88 Å². The maximum atomic E-state index is 13.6. The monoisotopic (exact) mass is 453 g/mol. The van der Waals surface area contributed by atoms with Crippen LogP contribution in [0.3, 0.4) is 0 Å². The van der Waals surface area contributed by atoms with E-state index in [1.807, 2.05) is 67.1 Å². The number of hydrogen-bond acceptors (Lipinski definition) is 4. The summed E-state index contributed by atoms with van der Waals surface area (Å²) in [5.41, 5.74) is 0.660. The second kappa shape index (κ2) is 9.46. The zero-order valence-corrected chi connectivity index (χ0v) is 19.8. The largest absolute Gasteiger partial charge is 0.379 e. The Labute approximate surface area is 193 Å². The quantitative estimate of drug-likeness (QED) is 0.497. The molecule has 1 aliphatic rings. The first-order chi connectivity index (χ1) is 15.4. The smallest absolute Gasteiger partial charge is 0.271 e. The fraction of sp³-hybridized carbons (Fsp3) is 0.440. The normalized spacial score (nSPS) is 18.4. The molecule has 0 saturated heterocycles. The Hall–Kier alpha value is -2.64. The number of ether oxygens (including phenoxy) is 1. The van der Waals surface area contributed by atoms with Crippen LogP contribution in [0.25, 0.3) is 10.9 Å². The second-order valence-electron chi connectivity index (χ2n) is 8.76. The first-order valence-electron chi connectivity index (χ1n) is 11.2. The molecule has 1 aromatic carbocycles. The molecule has 3 heterocycles. The van der Waals surface area contributed by atoms with E-state index in [4.69, 9.17) is 4.74 Å². The summed E-state index contributed by atoms with van der Waals surface area (Å²) in [5.74, 6) is -0.213. The molecule has 2 amide bonds. The molecule has 3 aromatic rings. The van der Waals surface area contributed by atoms with Crippen LogP contribution in [0.4, 0.5) is 0 Å². The number of nitrogens with one attached hydrogen (secondary N) is 1. The van der Waals surface area contributed by atoms with E-state index in [0.29, 0.717) is 31.9 Å². The molecule has 1 aliphatic heterocycles. The third-order valence-corrected chi connectivity index (χ3v) is 6.98. The van der Waals surface area contributed by atoms with Gasteiger partial charge in [0.25, 0.3) is 5.91 Å². The lowest BCUT2D eigenvalue weighted by atomic mass is 9.94. The van der Waals surface area contributed by atoms with Crippen LogP contribution in [0.2, 0.25) is 0 Å². The van der Waals surface area contributed by atoms with Crippen LogP contribution in [-0.4, -0.2) is 52.6 Å². The zero-order valence-electron chi connectivity index (χ0n) is 19.0. The number of para-hydroxylation sites is 1. The summed E-state index contributed by atoms with van der Waals surface area (Å²) in [6.45, 7) is 7.93. The van der Waals surface area contributed by atoms with Gasteiger partial charge < -0.3 is 19.5 Å². The number of thiophene rings is 1. The van der Waals surface area contributed by atoms with E-state index in [2.05, 4.69) is 11.4 Å². The summed E-state index contributed by atoms with van der Waals surface area (Å²) in [7, 11) is 0. The van der Waals surface area contributed by atoms with Gasteiger partial charge in [-0.05, 0) is 57.2 Å². The molecule has 0 fully saturated rings. The molecule has 0 saturated carbocycles. The fourth-order valence-corrected chi connectivity index (χ4v) is 5.01. The predicted octanol–water partition coefficient (Wildman–Crippen LogP) is 4.09. The maximum absolute atomic E-state index is 13.6. The summed E-state index contributed by atoms with van der Waals surface area (Å²) in [4.78, 5) is 30.0. The molecule has 0 radical (unpaired) electrons. The molecule has 7 heteroatoms. The molecule has 2 aromatic heterocycles. The van der Waals surface area contributed by atoms with Gasteiger partial charge in [0.2, 0.25) is 5.91 Å². The van der Waals surface area contributed by atoms with E-state index in [0.717, 1.165) is 23.7 Å². The molecule has 4 rings (SSSR count). The molecule has 32 heavy (non-hydrogen) atoms. The highest BCUT2D eigenvalue weighted by molar-refractivity contribution is 7.09. The van der Waals surface area contributed by atoms with Crippen LogP contribution in [0, 0.1) is 0 Å². The van der Waals surface area contributed by atoms with Crippen LogP contribution in [0.1, 0.15) is 42.6 Å². The SMILES string of the molecule is CC(C)OCCCNC(=O)[C@]1(C)Cn2c(cc3ccccc32)C(=O)N1CCc1cccs1. The van der Waals surface area contributed by atoms with Crippen molar-refractivity contribution >= 4 is 34.1 Å². The van der Waals surface area contributed by atoms with Crippen LogP contribution in [0.5, 0.6) is 0 Å². The summed E-state index contributed by atoms with van der Waals surface area (Å²) in [5, 5.41) is 6.11. The Bertz CT molecular complexity index is 1090. The summed E-state index contributed by atoms with van der Waals surface area (Å²) >= 11 is 1.67. The number of aromatic nitrogens is 1. The lowest BCUT2D eigenvalue weighted by molar-refractivity contribution is -0.132. The van der Waals surface area contributed by atoms with Crippen molar-refractivity contribution in [2.24, 2.45) is 0 Å². The Morgan fingerprint density at radius 1 is 1.25 bits per heavy atom. The number of nitrogens with zero attached hydrogens (tertiary/aromatic N) is 2. The molecule has 1 N–H and O–H groups in total. The van der Waals surface area contributed by atoms with Crippen molar-refractivity contribution in [2.45, 2.75) is 51.8 Å². The molecule has 0 unspecified atom stereocenters. The third-order valence-electron chi connectivity index (χ3n) is 6.05. The van der Waals surface area contributed by atoms with Gasteiger partial charge in [-0.25, -0.2) is 0 Å². The van der Waals surface area contributed by atoms with Gasteiger partial charge in [0, 0.05) is 35.5 Å². The lowest BCUT2D eigenvalue weighted by Crippen LogP contribution is -2.64. The Morgan fingerprint density at radius 3 is 2.81 bits per heavy atom. The average Bonchev–Trinajstić information content (AvgIpc) is 3.41. The van der Waals surface area contributed by atoms with Gasteiger partial charge in [-0.2, -0.15) is 0 Å². The third kappa shape index (κ3) is 4.45. The number of carbonyl (C=O) groups excluding carboxylic acids is 2. The Balaban J connectivity index is 1.58. The van der Waals surface area contributed by atoms with Crippen LogP contribution in [0.15, 0.2) is 47.8 Å². The number of fused-ring (bicyclic) bond motifs is 3.